The van der Waals surface area contributed by atoms with E-state index in [9.17, 15) is 9.18 Å². The standard InChI is InChI=1S/C32H30ClFN4O5/c1-40-32(39)18-5-8-22-24(13-18)38-29(35-22)16-37-11-10-36(15-25(37)30(38)26-9-12-41-26)23-3-2-4-27-31(23)43-28(17-42-27)20-7-6-19(33)14-21(20)34/h2-8,13-14,25-26,28,30H,9-12,15-17H2,1H3/t25-,26+,28-,30?/m1/s1. The van der Waals surface area contributed by atoms with Crippen LogP contribution >= 0.6 is 11.6 Å². The van der Waals surface area contributed by atoms with Crippen LogP contribution in [0.15, 0.2) is 54.6 Å². The number of nitrogens with zero attached hydrogens (tertiary/aromatic N) is 4. The lowest BCUT2D eigenvalue weighted by Crippen LogP contribution is -2.61. The van der Waals surface area contributed by atoms with E-state index in [-0.39, 0.29) is 30.8 Å². The van der Waals surface area contributed by atoms with Crippen molar-refractivity contribution in [1.29, 1.82) is 0 Å². The molecule has 0 spiro atoms. The molecule has 9 nitrogen and oxygen atoms in total. The van der Waals surface area contributed by atoms with E-state index < -0.39 is 11.9 Å². The molecule has 4 aromatic rings. The Morgan fingerprint density at radius 1 is 1.14 bits per heavy atom. The fraction of sp³-hybridized carbons (Fsp3) is 0.375. The summed E-state index contributed by atoms with van der Waals surface area (Å²) in [7, 11) is 1.39. The normalized spacial score (nSPS) is 24.7. The minimum atomic E-state index is -0.595. The van der Waals surface area contributed by atoms with Crippen LogP contribution in [0.5, 0.6) is 11.5 Å². The molecule has 4 atom stereocenters. The predicted octanol–water partition coefficient (Wildman–Crippen LogP) is 5.16. The molecule has 1 aromatic heterocycles. The van der Waals surface area contributed by atoms with Gasteiger partial charge in [0.2, 0.25) is 0 Å². The van der Waals surface area contributed by atoms with Gasteiger partial charge in [-0.1, -0.05) is 23.7 Å². The van der Waals surface area contributed by atoms with E-state index in [1.807, 2.05) is 30.3 Å². The quantitative estimate of drug-likeness (QED) is 0.296. The third-order valence-electron chi connectivity index (χ3n) is 9.13. The van der Waals surface area contributed by atoms with Crippen LogP contribution in [0, 0.1) is 5.82 Å². The number of anilines is 1. The summed E-state index contributed by atoms with van der Waals surface area (Å²) in [5.74, 6) is 1.45. The summed E-state index contributed by atoms with van der Waals surface area (Å²) in [5, 5.41) is 0.338. The summed E-state index contributed by atoms with van der Waals surface area (Å²) >= 11 is 6.00. The Morgan fingerprint density at radius 2 is 2.02 bits per heavy atom. The van der Waals surface area contributed by atoms with E-state index in [0.717, 1.165) is 55.2 Å². The number of methoxy groups -OCH3 is 1. The number of aromatic nitrogens is 2. The molecule has 1 unspecified atom stereocenters. The van der Waals surface area contributed by atoms with Gasteiger partial charge >= 0.3 is 5.97 Å². The Morgan fingerprint density at radius 3 is 2.81 bits per heavy atom. The highest BCUT2D eigenvalue weighted by Gasteiger charge is 2.46. The number of hydrogen-bond donors (Lipinski definition) is 0. The van der Waals surface area contributed by atoms with Crippen LogP contribution in [0.4, 0.5) is 10.1 Å². The zero-order chi connectivity index (χ0) is 29.2. The maximum absolute atomic E-state index is 14.8. The first-order valence-electron chi connectivity index (χ1n) is 14.6. The summed E-state index contributed by atoms with van der Waals surface area (Å²) in [6.07, 6.45) is 0.394. The van der Waals surface area contributed by atoms with Crippen molar-refractivity contribution in [3.05, 3.63) is 82.4 Å². The van der Waals surface area contributed by atoms with Gasteiger partial charge in [-0.05, 0) is 48.9 Å². The number of rotatable bonds is 4. The number of piperazine rings is 1. The first kappa shape index (κ1) is 26.7. The lowest BCUT2D eigenvalue weighted by Gasteiger charge is -2.52. The fourth-order valence-corrected chi connectivity index (χ4v) is 7.11. The molecule has 0 radical (unpaired) electrons. The van der Waals surface area contributed by atoms with Crippen molar-refractivity contribution in [2.45, 2.75) is 37.3 Å². The van der Waals surface area contributed by atoms with Crippen LogP contribution in [0.3, 0.4) is 0 Å². The van der Waals surface area contributed by atoms with Crippen molar-refractivity contribution in [3.63, 3.8) is 0 Å². The molecule has 222 valence electrons. The maximum Gasteiger partial charge on any atom is 0.337 e. The third kappa shape index (κ3) is 4.42. The van der Waals surface area contributed by atoms with E-state index >= 15 is 0 Å². The SMILES string of the molecule is COC(=O)c1ccc2nc3n(c2c1)C([C@@H]1CCO1)[C@H]1CN(c2cccc4c2O[C@@H](c2ccc(Cl)cc2F)CO4)CCN1C3. The molecule has 43 heavy (non-hydrogen) atoms. The average Bonchev–Trinajstić information content (AvgIpc) is 3.36. The number of esters is 1. The molecule has 4 aliphatic rings. The van der Waals surface area contributed by atoms with Gasteiger partial charge in [-0.25, -0.2) is 14.2 Å². The molecule has 0 aliphatic carbocycles. The molecule has 0 amide bonds. The summed E-state index contributed by atoms with van der Waals surface area (Å²) in [6.45, 7) is 3.96. The Bertz CT molecular complexity index is 1740. The summed E-state index contributed by atoms with van der Waals surface area (Å²) in [6, 6.07) is 16.2. The zero-order valence-electron chi connectivity index (χ0n) is 23.5. The topological polar surface area (TPSA) is 78.3 Å². The zero-order valence-corrected chi connectivity index (χ0v) is 24.3. The largest absolute Gasteiger partial charge is 0.485 e. The second-order valence-electron chi connectivity index (χ2n) is 11.5. The smallest absolute Gasteiger partial charge is 0.337 e. The van der Waals surface area contributed by atoms with Gasteiger partial charge in [0.25, 0.3) is 0 Å². The molecule has 8 rings (SSSR count). The number of fused-ring (bicyclic) bond motifs is 5. The number of hydrogen-bond acceptors (Lipinski definition) is 8. The Hall–Kier alpha value is -3.86. The third-order valence-corrected chi connectivity index (χ3v) is 9.36. The Labute approximate surface area is 252 Å². The highest BCUT2D eigenvalue weighted by molar-refractivity contribution is 6.30. The lowest BCUT2D eigenvalue weighted by atomic mass is 9.91. The molecule has 4 aliphatic heterocycles. The molecule has 11 heteroatoms. The number of carbonyl (C=O) groups is 1. The molecule has 0 saturated carbocycles. The number of benzene rings is 3. The number of imidazole rings is 1. The van der Waals surface area contributed by atoms with E-state index in [1.165, 1.54) is 13.2 Å². The summed E-state index contributed by atoms with van der Waals surface area (Å²) < 4.78 is 40.8. The minimum absolute atomic E-state index is 0.00538. The molecule has 0 N–H and O–H groups in total. The van der Waals surface area contributed by atoms with E-state index in [4.69, 9.17) is 35.5 Å². The molecule has 0 bridgehead atoms. The van der Waals surface area contributed by atoms with Gasteiger partial charge in [-0.3, -0.25) is 4.90 Å². The van der Waals surface area contributed by atoms with Crippen LogP contribution < -0.4 is 14.4 Å². The van der Waals surface area contributed by atoms with Gasteiger partial charge < -0.3 is 28.4 Å². The van der Waals surface area contributed by atoms with Crippen molar-refractivity contribution in [2.75, 3.05) is 44.9 Å². The highest BCUT2D eigenvalue weighted by atomic mass is 35.5. The first-order valence-corrected chi connectivity index (χ1v) is 14.9. The summed E-state index contributed by atoms with van der Waals surface area (Å²) in [4.78, 5) is 22.2. The van der Waals surface area contributed by atoms with Gasteiger partial charge in [-0.2, -0.15) is 0 Å². The average molecular weight is 605 g/mol. The van der Waals surface area contributed by atoms with E-state index in [1.54, 1.807) is 18.2 Å². The van der Waals surface area contributed by atoms with E-state index in [0.29, 0.717) is 34.2 Å². The first-order chi connectivity index (χ1) is 21.0. The molecule has 5 heterocycles. The number of ether oxygens (including phenoxy) is 4. The Kier molecular flexibility index (Phi) is 6.47. The highest BCUT2D eigenvalue weighted by Crippen LogP contribution is 2.46. The van der Waals surface area contributed by atoms with Crippen molar-refractivity contribution in [2.24, 2.45) is 0 Å². The molecule has 3 aromatic carbocycles. The molecule has 2 saturated heterocycles. The van der Waals surface area contributed by atoms with Crippen LogP contribution in [-0.2, 0) is 16.0 Å². The van der Waals surface area contributed by atoms with E-state index in [2.05, 4.69) is 14.4 Å². The second kappa shape index (κ2) is 10.4. The van der Waals surface area contributed by atoms with Gasteiger partial charge in [0.1, 0.15) is 18.2 Å². The molecule has 2 fully saturated rings. The maximum atomic E-state index is 14.8. The van der Waals surface area contributed by atoms with Crippen LogP contribution in [0.2, 0.25) is 5.02 Å². The van der Waals surface area contributed by atoms with Gasteiger partial charge in [0, 0.05) is 36.8 Å². The van der Waals surface area contributed by atoms with Gasteiger partial charge in [0.15, 0.2) is 17.6 Å². The number of carbonyl (C=O) groups excluding carboxylic acids is 1. The second-order valence-corrected chi connectivity index (χ2v) is 11.9. The van der Waals surface area contributed by atoms with Crippen LogP contribution in [-0.4, -0.2) is 72.5 Å². The van der Waals surface area contributed by atoms with Crippen molar-refractivity contribution < 1.29 is 28.1 Å². The lowest BCUT2D eigenvalue weighted by molar-refractivity contribution is -0.107. The monoisotopic (exact) mass is 604 g/mol. The van der Waals surface area contributed by atoms with Crippen LogP contribution in [0.1, 0.15) is 40.3 Å². The predicted molar refractivity (Wildman–Crippen MR) is 158 cm³/mol. The molecular weight excluding hydrogens is 575 g/mol. The number of halogens is 2. The number of para-hydroxylation sites is 1. The van der Waals surface area contributed by atoms with Gasteiger partial charge in [0.05, 0.1) is 54.1 Å². The van der Waals surface area contributed by atoms with Crippen molar-refractivity contribution in [3.8, 4) is 11.5 Å². The minimum Gasteiger partial charge on any atom is -0.485 e. The van der Waals surface area contributed by atoms with Crippen molar-refractivity contribution >= 4 is 34.3 Å². The fourth-order valence-electron chi connectivity index (χ4n) is 6.95. The van der Waals surface area contributed by atoms with Crippen LogP contribution in [0.25, 0.3) is 11.0 Å². The molecular formula is C32H30ClFN4O5. The van der Waals surface area contributed by atoms with Gasteiger partial charge in [-0.15, -0.1) is 0 Å². The Balaban J connectivity index is 1.14. The summed E-state index contributed by atoms with van der Waals surface area (Å²) in [5.41, 5.74) is 3.59. The van der Waals surface area contributed by atoms with Crippen molar-refractivity contribution in [1.82, 2.24) is 14.5 Å².